The van der Waals surface area contributed by atoms with Gasteiger partial charge in [-0.1, -0.05) is 25.0 Å². The first-order valence-electron chi connectivity index (χ1n) is 7.53. The lowest BCUT2D eigenvalue weighted by Crippen LogP contribution is -2.32. The van der Waals surface area contributed by atoms with E-state index in [4.69, 9.17) is 0 Å². The standard InChI is InChI=1S/C17H17F2NO2S/c18-13-7-10-16(17(19)11-13)12-5-8-15(9-6-12)23(21,22)20-14-3-1-2-4-14/h5-11,14,20H,1-4H2. The lowest BCUT2D eigenvalue weighted by atomic mass is 10.1. The van der Waals surface area contributed by atoms with Crippen molar-refractivity contribution in [2.24, 2.45) is 0 Å². The van der Waals surface area contributed by atoms with Gasteiger partial charge < -0.3 is 0 Å². The predicted molar refractivity (Wildman–Crippen MR) is 84.4 cm³/mol. The number of halogens is 2. The molecule has 0 heterocycles. The summed E-state index contributed by atoms with van der Waals surface area (Å²) in [4.78, 5) is 0.149. The molecule has 2 aromatic rings. The van der Waals surface area contributed by atoms with E-state index in [0.717, 1.165) is 31.7 Å². The molecule has 0 aliphatic heterocycles. The van der Waals surface area contributed by atoms with E-state index in [1.165, 1.54) is 36.4 Å². The topological polar surface area (TPSA) is 46.2 Å². The Balaban J connectivity index is 1.83. The molecule has 3 nitrogen and oxygen atoms in total. The molecule has 0 amide bonds. The summed E-state index contributed by atoms with van der Waals surface area (Å²) in [6, 6.07) is 9.25. The van der Waals surface area contributed by atoms with E-state index in [9.17, 15) is 17.2 Å². The van der Waals surface area contributed by atoms with Gasteiger partial charge in [-0.3, -0.25) is 0 Å². The molecule has 0 unspecified atom stereocenters. The Morgan fingerprint density at radius 1 is 0.957 bits per heavy atom. The maximum Gasteiger partial charge on any atom is 0.240 e. The number of sulfonamides is 1. The summed E-state index contributed by atoms with van der Waals surface area (Å²) >= 11 is 0. The molecule has 0 aromatic heterocycles. The van der Waals surface area contributed by atoms with Crippen molar-refractivity contribution in [3.63, 3.8) is 0 Å². The zero-order valence-electron chi connectivity index (χ0n) is 12.4. The quantitative estimate of drug-likeness (QED) is 0.921. The highest BCUT2D eigenvalue weighted by Crippen LogP contribution is 2.25. The summed E-state index contributed by atoms with van der Waals surface area (Å²) in [7, 11) is -3.56. The smallest absolute Gasteiger partial charge is 0.208 e. The van der Waals surface area contributed by atoms with E-state index >= 15 is 0 Å². The molecule has 6 heteroatoms. The molecule has 0 bridgehead atoms. The largest absolute Gasteiger partial charge is 0.240 e. The van der Waals surface area contributed by atoms with Gasteiger partial charge in [0, 0.05) is 17.7 Å². The fourth-order valence-corrected chi connectivity index (χ4v) is 4.17. The molecule has 1 aliphatic rings. The third-order valence-electron chi connectivity index (χ3n) is 4.08. The summed E-state index contributed by atoms with van der Waals surface area (Å²) in [5, 5.41) is 0. The van der Waals surface area contributed by atoms with Gasteiger partial charge in [-0.25, -0.2) is 21.9 Å². The van der Waals surface area contributed by atoms with Crippen LogP contribution in [-0.4, -0.2) is 14.5 Å². The molecule has 1 fully saturated rings. The third-order valence-corrected chi connectivity index (χ3v) is 5.62. The van der Waals surface area contributed by atoms with Gasteiger partial charge in [0.1, 0.15) is 11.6 Å². The summed E-state index contributed by atoms with van der Waals surface area (Å²) in [5.74, 6) is -1.32. The van der Waals surface area contributed by atoms with Crippen LogP contribution in [-0.2, 0) is 10.0 Å². The molecule has 2 aromatic carbocycles. The van der Waals surface area contributed by atoms with Crippen LogP contribution in [0.4, 0.5) is 8.78 Å². The van der Waals surface area contributed by atoms with Gasteiger partial charge in [0.15, 0.2) is 0 Å². The number of nitrogens with one attached hydrogen (secondary N) is 1. The number of hydrogen-bond donors (Lipinski definition) is 1. The number of benzene rings is 2. The Hall–Kier alpha value is -1.79. The van der Waals surface area contributed by atoms with Crippen LogP contribution in [0.1, 0.15) is 25.7 Å². The molecule has 0 radical (unpaired) electrons. The average molecular weight is 337 g/mol. The fraction of sp³-hybridized carbons (Fsp3) is 0.294. The van der Waals surface area contributed by atoms with E-state index in [2.05, 4.69) is 4.72 Å². The minimum Gasteiger partial charge on any atom is -0.208 e. The zero-order chi connectivity index (χ0) is 16.4. The molecule has 23 heavy (non-hydrogen) atoms. The molecular formula is C17H17F2NO2S. The Labute approximate surface area is 134 Å². The summed E-state index contributed by atoms with van der Waals surface area (Å²) in [6.45, 7) is 0. The summed E-state index contributed by atoms with van der Waals surface area (Å²) in [5.41, 5.74) is 0.737. The molecule has 1 N–H and O–H groups in total. The van der Waals surface area contributed by atoms with Crippen molar-refractivity contribution in [2.45, 2.75) is 36.6 Å². The number of rotatable bonds is 4. The van der Waals surface area contributed by atoms with Crippen molar-refractivity contribution in [2.75, 3.05) is 0 Å². The molecule has 1 aliphatic carbocycles. The Bertz CT molecular complexity index is 798. The Morgan fingerprint density at radius 2 is 1.61 bits per heavy atom. The summed E-state index contributed by atoms with van der Waals surface area (Å²) < 4.78 is 54.0. The Kier molecular flexibility index (Phi) is 4.46. The van der Waals surface area contributed by atoms with Crippen LogP contribution in [0.25, 0.3) is 11.1 Å². The van der Waals surface area contributed by atoms with Gasteiger partial charge in [0.25, 0.3) is 0 Å². The first-order valence-corrected chi connectivity index (χ1v) is 9.02. The van der Waals surface area contributed by atoms with Crippen LogP contribution in [0.15, 0.2) is 47.4 Å². The van der Waals surface area contributed by atoms with E-state index in [-0.39, 0.29) is 16.5 Å². The van der Waals surface area contributed by atoms with Crippen molar-refractivity contribution in [1.82, 2.24) is 4.72 Å². The highest BCUT2D eigenvalue weighted by molar-refractivity contribution is 7.89. The lowest BCUT2D eigenvalue weighted by Gasteiger charge is -2.13. The van der Waals surface area contributed by atoms with E-state index in [0.29, 0.717) is 5.56 Å². The lowest BCUT2D eigenvalue weighted by molar-refractivity contribution is 0.552. The van der Waals surface area contributed by atoms with Crippen LogP contribution >= 0.6 is 0 Å². The molecular weight excluding hydrogens is 320 g/mol. The van der Waals surface area contributed by atoms with Crippen LogP contribution in [0.3, 0.4) is 0 Å². The van der Waals surface area contributed by atoms with Gasteiger partial charge in [-0.05, 0) is 42.7 Å². The zero-order valence-corrected chi connectivity index (χ0v) is 13.2. The number of hydrogen-bond acceptors (Lipinski definition) is 2. The van der Waals surface area contributed by atoms with Crippen LogP contribution in [0.2, 0.25) is 0 Å². The first-order chi connectivity index (χ1) is 11.0. The molecule has 0 saturated heterocycles. The highest BCUT2D eigenvalue weighted by atomic mass is 32.2. The second-order valence-corrected chi connectivity index (χ2v) is 7.47. The SMILES string of the molecule is O=S(=O)(NC1CCCC1)c1ccc(-c2ccc(F)cc2F)cc1. The maximum absolute atomic E-state index is 13.8. The van der Waals surface area contributed by atoms with Crippen LogP contribution in [0.5, 0.6) is 0 Å². The molecule has 122 valence electrons. The second-order valence-electron chi connectivity index (χ2n) is 5.75. The Morgan fingerprint density at radius 3 is 2.22 bits per heavy atom. The molecule has 1 saturated carbocycles. The van der Waals surface area contributed by atoms with Gasteiger partial charge in [-0.15, -0.1) is 0 Å². The molecule has 0 atom stereocenters. The van der Waals surface area contributed by atoms with Gasteiger partial charge in [-0.2, -0.15) is 0 Å². The second kappa shape index (κ2) is 6.37. The van der Waals surface area contributed by atoms with Crippen molar-refractivity contribution >= 4 is 10.0 Å². The van der Waals surface area contributed by atoms with Crippen molar-refractivity contribution in [1.29, 1.82) is 0 Å². The minimum atomic E-state index is -3.56. The minimum absolute atomic E-state index is 0.00535. The summed E-state index contributed by atoms with van der Waals surface area (Å²) in [6.07, 6.45) is 3.79. The predicted octanol–water partition coefficient (Wildman–Crippen LogP) is 3.85. The fourth-order valence-electron chi connectivity index (χ4n) is 2.87. The normalized spacial score (nSPS) is 15.9. The van der Waals surface area contributed by atoms with Crippen LogP contribution in [0, 0.1) is 11.6 Å². The van der Waals surface area contributed by atoms with E-state index in [1.807, 2.05) is 0 Å². The van der Waals surface area contributed by atoms with Crippen molar-refractivity contribution in [3.8, 4) is 11.1 Å². The highest BCUT2D eigenvalue weighted by Gasteiger charge is 2.22. The van der Waals surface area contributed by atoms with Gasteiger partial charge >= 0.3 is 0 Å². The van der Waals surface area contributed by atoms with Crippen molar-refractivity contribution < 1.29 is 17.2 Å². The molecule has 0 spiro atoms. The maximum atomic E-state index is 13.8. The monoisotopic (exact) mass is 337 g/mol. The first kappa shape index (κ1) is 16.1. The van der Waals surface area contributed by atoms with E-state index in [1.54, 1.807) is 0 Å². The van der Waals surface area contributed by atoms with E-state index < -0.39 is 21.7 Å². The van der Waals surface area contributed by atoms with Crippen molar-refractivity contribution in [3.05, 3.63) is 54.1 Å². The molecule has 3 rings (SSSR count). The van der Waals surface area contributed by atoms with Gasteiger partial charge in [0.2, 0.25) is 10.0 Å². The average Bonchev–Trinajstić information content (AvgIpc) is 3.00. The van der Waals surface area contributed by atoms with Crippen LogP contribution < -0.4 is 4.72 Å². The van der Waals surface area contributed by atoms with Gasteiger partial charge in [0.05, 0.1) is 4.90 Å². The third kappa shape index (κ3) is 3.59.